The van der Waals surface area contributed by atoms with Crippen LogP contribution in [-0.4, -0.2) is 11.9 Å². The van der Waals surface area contributed by atoms with E-state index in [0.29, 0.717) is 22.2 Å². The Labute approximate surface area is 104 Å². The predicted octanol–water partition coefficient (Wildman–Crippen LogP) is 2.84. The number of hydrogen-bond donors (Lipinski definition) is 2. The second-order valence-corrected chi connectivity index (χ2v) is 4.15. The van der Waals surface area contributed by atoms with Crippen LogP contribution in [0.5, 0.6) is 0 Å². The summed E-state index contributed by atoms with van der Waals surface area (Å²) in [4.78, 5) is 11.6. The third-order valence-electron chi connectivity index (χ3n) is 1.89. The standard InChI is InChI=1S/C11H12Cl2N2O/c1-2-3-10(14)11(16)15-9-5-7(12)4-8(13)6-9/h2,4-6,10H,1,3,14H2,(H,15,16). The Morgan fingerprint density at radius 2 is 2.00 bits per heavy atom. The number of benzene rings is 1. The molecule has 0 spiro atoms. The van der Waals surface area contributed by atoms with Crippen LogP contribution < -0.4 is 11.1 Å². The molecule has 0 saturated heterocycles. The van der Waals surface area contributed by atoms with Gasteiger partial charge in [0.25, 0.3) is 0 Å². The van der Waals surface area contributed by atoms with E-state index < -0.39 is 6.04 Å². The van der Waals surface area contributed by atoms with Crippen LogP contribution in [0.25, 0.3) is 0 Å². The van der Waals surface area contributed by atoms with Crippen molar-refractivity contribution < 1.29 is 4.79 Å². The predicted molar refractivity (Wildman–Crippen MR) is 67.9 cm³/mol. The van der Waals surface area contributed by atoms with Crippen LogP contribution >= 0.6 is 23.2 Å². The number of nitrogens with one attached hydrogen (secondary N) is 1. The molecule has 0 radical (unpaired) electrons. The van der Waals surface area contributed by atoms with E-state index in [2.05, 4.69) is 11.9 Å². The van der Waals surface area contributed by atoms with Crippen molar-refractivity contribution in [3.8, 4) is 0 Å². The molecule has 86 valence electrons. The van der Waals surface area contributed by atoms with Crippen LogP contribution in [0.1, 0.15) is 6.42 Å². The summed E-state index contributed by atoms with van der Waals surface area (Å²) in [6, 6.07) is 4.18. The monoisotopic (exact) mass is 258 g/mol. The number of hydrogen-bond acceptors (Lipinski definition) is 2. The second kappa shape index (κ2) is 5.89. The van der Waals surface area contributed by atoms with Crippen molar-refractivity contribution in [2.24, 2.45) is 5.73 Å². The van der Waals surface area contributed by atoms with Gasteiger partial charge in [-0.2, -0.15) is 0 Å². The highest BCUT2D eigenvalue weighted by Crippen LogP contribution is 2.22. The first-order valence-corrected chi connectivity index (χ1v) is 5.42. The molecule has 16 heavy (non-hydrogen) atoms. The van der Waals surface area contributed by atoms with Crippen molar-refractivity contribution in [3.05, 3.63) is 40.9 Å². The Balaban J connectivity index is 2.72. The molecule has 0 heterocycles. The van der Waals surface area contributed by atoms with E-state index in [0.717, 1.165) is 0 Å². The molecule has 3 N–H and O–H groups in total. The van der Waals surface area contributed by atoms with Crippen LogP contribution in [0, 0.1) is 0 Å². The van der Waals surface area contributed by atoms with Crippen molar-refractivity contribution in [2.45, 2.75) is 12.5 Å². The third-order valence-corrected chi connectivity index (χ3v) is 2.32. The number of amides is 1. The summed E-state index contributed by atoms with van der Waals surface area (Å²) in [5.74, 6) is -0.293. The second-order valence-electron chi connectivity index (χ2n) is 3.28. The molecule has 0 aliphatic rings. The summed E-state index contributed by atoms with van der Waals surface area (Å²) in [5, 5.41) is 3.54. The lowest BCUT2D eigenvalue weighted by molar-refractivity contribution is -0.117. The number of nitrogens with two attached hydrogens (primary N) is 1. The van der Waals surface area contributed by atoms with Gasteiger partial charge in [0.05, 0.1) is 6.04 Å². The number of carbonyl (C=O) groups is 1. The number of anilines is 1. The molecule has 1 amide bonds. The molecule has 1 atom stereocenters. The minimum absolute atomic E-state index is 0.293. The van der Waals surface area contributed by atoms with Crippen LogP contribution in [0.3, 0.4) is 0 Å². The van der Waals surface area contributed by atoms with Gasteiger partial charge in [0.1, 0.15) is 0 Å². The normalized spacial score (nSPS) is 11.9. The smallest absolute Gasteiger partial charge is 0.241 e. The van der Waals surface area contributed by atoms with Crippen LogP contribution in [0.2, 0.25) is 10.0 Å². The lowest BCUT2D eigenvalue weighted by atomic mass is 10.2. The summed E-state index contributed by atoms with van der Waals surface area (Å²) < 4.78 is 0. The number of rotatable bonds is 4. The topological polar surface area (TPSA) is 55.1 Å². The van der Waals surface area contributed by atoms with Gasteiger partial charge >= 0.3 is 0 Å². The zero-order chi connectivity index (χ0) is 12.1. The van der Waals surface area contributed by atoms with E-state index in [-0.39, 0.29) is 5.91 Å². The molecule has 0 aliphatic heterocycles. The minimum atomic E-state index is -0.616. The molecule has 3 nitrogen and oxygen atoms in total. The van der Waals surface area contributed by atoms with Gasteiger partial charge in [-0.3, -0.25) is 4.79 Å². The maximum atomic E-state index is 11.6. The molecule has 0 aromatic heterocycles. The Hall–Kier alpha value is -1.03. The zero-order valence-electron chi connectivity index (χ0n) is 8.54. The molecule has 0 bridgehead atoms. The fourth-order valence-electron chi connectivity index (χ4n) is 1.15. The van der Waals surface area contributed by atoms with Crippen molar-refractivity contribution in [1.82, 2.24) is 0 Å². The third kappa shape index (κ3) is 3.85. The first-order chi connectivity index (χ1) is 7.52. The molecule has 1 aromatic rings. The molecule has 1 unspecified atom stereocenters. The van der Waals surface area contributed by atoms with E-state index in [1.54, 1.807) is 24.3 Å². The Kier molecular flexibility index (Phi) is 4.80. The molecule has 1 aromatic carbocycles. The minimum Gasteiger partial charge on any atom is -0.325 e. The fraction of sp³-hybridized carbons (Fsp3) is 0.182. The highest BCUT2D eigenvalue weighted by Gasteiger charge is 2.12. The maximum absolute atomic E-state index is 11.6. The van der Waals surface area contributed by atoms with Gasteiger partial charge in [-0.05, 0) is 24.6 Å². The Morgan fingerprint density at radius 1 is 1.44 bits per heavy atom. The SMILES string of the molecule is C=CCC(N)C(=O)Nc1cc(Cl)cc(Cl)c1. The number of carbonyl (C=O) groups excluding carboxylic acids is 1. The van der Waals surface area contributed by atoms with Crippen molar-refractivity contribution in [1.29, 1.82) is 0 Å². The van der Waals surface area contributed by atoms with Gasteiger partial charge in [-0.1, -0.05) is 29.3 Å². The van der Waals surface area contributed by atoms with E-state index >= 15 is 0 Å². The maximum Gasteiger partial charge on any atom is 0.241 e. The lowest BCUT2D eigenvalue weighted by Gasteiger charge is -2.10. The zero-order valence-corrected chi connectivity index (χ0v) is 10.1. The summed E-state index contributed by atoms with van der Waals surface area (Å²) in [6.45, 7) is 3.52. The largest absolute Gasteiger partial charge is 0.325 e. The van der Waals surface area contributed by atoms with Crippen LogP contribution in [0.15, 0.2) is 30.9 Å². The lowest BCUT2D eigenvalue weighted by Crippen LogP contribution is -2.35. The van der Waals surface area contributed by atoms with Gasteiger partial charge in [-0.25, -0.2) is 0 Å². The van der Waals surface area contributed by atoms with Crippen LogP contribution in [-0.2, 0) is 4.79 Å². The Morgan fingerprint density at radius 3 is 2.50 bits per heavy atom. The van der Waals surface area contributed by atoms with E-state index in [1.807, 2.05) is 0 Å². The Bertz CT molecular complexity index is 387. The molecular formula is C11H12Cl2N2O. The molecule has 0 saturated carbocycles. The quantitative estimate of drug-likeness (QED) is 0.817. The van der Waals surface area contributed by atoms with E-state index in [1.165, 1.54) is 0 Å². The fourth-order valence-corrected chi connectivity index (χ4v) is 1.67. The van der Waals surface area contributed by atoms with Gasteiger partial charge in [0.2, 0.25) is 5.91 Å². The number of halogens is 2. The summed E-state index contributed by atoms with van der Waals surface area (Å²) in [5.41, 5.74) is 6.13. The van der Waals surface area contributed by atoms with Crippen molar-refractivity contribution >= 4 is 34.8 Å². The van der Waals surface area contributed by atoms with Gasteiger partial charge in [-0.15, -0.1) is 6.58 Å². The van der Waals surface area contributed by atoms with Crippen molar-refractivity contribution in [2.75, 3.05) is 5.32 Å². The first kappa shape index (κ1) is 13.0. The van der Waals surface area contributed by atoms with Crippen molar-refractivity contribution in [3.63, 3.8) is 0 Å². The van der Waals surface area contributed by atoms with Gasteiger partial charge in [0.15, 0.2) is 0 Å². The highest BCUT2D eigenvalue weighted by molar-refractivity contribution is 6.35. The van der Waals surface area contributed by atoms with Gasteiger partial charge in [0, 0.05) is 15.7 Å². The summed E-state index contributed by atoms with van der Waals surface area (Å²) >= 11 is 11.6. The molecular weight excluding hydrogens is 247 g/mol. The van der Waals surface area contributed by atoms with E-state index in [9.17, 15) is 4.79 Å². The van der Waals surface area contributed by atoms with Gasteiger partial charge < -0.3 is 11.1 Å². The molecule has 0 aliphatic carbocycles. The average molecular weight is 259 g/mol. The molecule has 1 rings (SSSR count). The van der Waals surface area contributed by atoms with Crippen LogP contribution in [0.4, 0.5) is 5.69 Å². The van der Waals surface area contributed by atoms with E-state index in [4.69, 9.17) is 28.9 Å². The summed E-state index contributed by atoms with van der Waals surface area (Å²) in [7, 11) is 0. The summed E-state index contributed by atoms with van der Waals surface area (Å²) in [6.07, 6.45) is 2.01. The molecule has 0 fully saturated rings. The highest BCUT2D eigenvalue weighted by atomic mass is 35.5. The first-order valence-electron chi connectivity index (χ1n) is 4.66. The molecule has 5 heteroatoms. The average Bonchev–Trinajstić information content (AvgIpc) is 2.16.